The number of aromatic nitrogens is 1. The second kappa shape index (κ2) is 13.4. The van der Waals surface area contributed by atoms with Gasteiger partial charge in [-0.1, -0.05) is 133 Å². The minimum Gasteiger partial charge on any atom is -0.455 e. The summed E-state index contributed by atoms with van der Waals surface area (Å²) in [7, 11) is 0. The van der Waals surface area contributed by atoms with Crippen LogP contribution >= 0.6 is 0 Å². The van der Waals surface area contributed by atoms with Crippen LogP contribution in [0.5, 0.6) is 0 Å². The highest BCUT2D eigenvalue weighted by Gasteiger charge is 2.19. The van der Waals surface area contributed by atoms with Gasteiger partial charge in [0, 0.05) is 49.6 Å². The summed E-state index contributed by atoms with van der Waals surface area (Å²) in [4.78, 5) is 1.39. The molecular formula is C56H36N2O. The van der Waals surface area contributed by atoms with E-state index in [2.05, 4.69) is 0 Å². The van der Waals surface area contributed by atoms with Crippen molar-refractivity contribution in [2.75, 3.05) is 4.90 Å². The van der Waals surface area contributed by atoms with Crippen LogP contribution in [0.2, 0.25) is 0 Å². The molecule has 0 saturated carbocycles. The molecule has 0 aliphatic carbocycles. The number of hydrogen-bond donors (Lipinski definition) is 0. The lowest BCUT2D eigenvalue weighted by atomic mass is 9.97. The summed E-state index contributed by atoms with van der Waals surface area (Å²) in [5.41, 5.74) is 4.80. The maximum Gasteiger partial charge on any atom is 0.143 e. The van der Waals surface area contributed by atoms with E-state index in [1.807, 2.05) is 152 Å². The fourth-order valence-electron chi connectivity index (χ4n) is 8.54. The van der Waals surface area contributed by atoms with Crippen LogP contribution < -0.4 is 4.90 Å². The van der Waals surface area contributed by atoms with Crippen LogP contribution in [0.15, 0.2) is 223 Å². The van der Waals surface area contributed by atoms with Crippen LogP contribution in [-0.2, 0) is 0 Å². The summed E-state index contributed by atoms with van der Waals surface area (Å²) in [6.07, 6.45) is 0. The minimum atomic E-state index is -0.422. The van der Waals surface area contributed by atoms with Gasteiger partial charge in [0.05, 0.1) is 27.7 Å². The van der Waals surface area contributed by atoms with Crippen molar-refractivity contribution < 1.29 is 15.4 Å². The van der Waals surface area contributed by atoms with Crippen LogP contribution in [0.25, 0.3) is 93.2 Å². The van der Waals surface area contributed by atoms with E-state index in [0.717, 1.165) is 59.8 Å². The molecule has 10 aromatic carbocycles. The predicted molar refractivity (Wildman–Crippen MR) is 249 cm³/mol. The Balaban J connectivity index is 1.12. The Hall–Kier alpha value is -7.88. The molecule has 0 amide bonds. The lowest BCUT2D eigenvalue weighted by Crippen LogP contribution is -2.11. The molecule has 59 heavy (non-hydrogen) atoms. The van der Waals surface area contributed by atoms with E-state index in [-0.39, 0.29) is 46.8 Å². The van der Waals surface area contributed by atoms with E-state index in [0.29, 0.717) is 27.8 Å². The van der Waals surface area contributed by atoms with Gasteiger partial charge in [-0.05, 0) is 118 Å². The molecule has 0 unspecified atom stereocenters. The van der Waals surface area contributed by atoms with Crippen LogP contribution in [-0.4, -0.2) is 4.57 Å². The van der Waals surface area contributed by atoms with Crippen LogP contribution in [0, 0.1) is 0 Å². The maximum absolute atomic E-state index is 9.86. The molecule has 0 radical (unpaired) electrons. The molecule has 0 bridgehead atoms. The molecule has 12 aromatic rings. The van der Waals surface area contributed by atoms with Gasteiger partial charge < -0.3 is 13.9 Å². The van der Waals surface area contributed by atoms with Crippen LogP contribution in [0.4, 0.5) is 17.1 Å². The van der Waals surface area contributed by atoms with E-state index in [4.69, 9.17) is 4.42 Å². The second-order valence-electron chi connectivity index (χ2n) is 14.7. The number of rotatable bonds is 6. The van der Waals surface area contributed by atoms with E-state index in [1.165, 1.54) is 4.90 Å². The molecule has 3 nitrogen and oxygen atoms in total. The van der Waals surface area contributed by atoms with Crippen LogP contribution in [0.1, 0.15) is 11.0 Å². The molecule has 276 valence electrons. The predicted octanol–water partition coefficient (Wildman–Crippen LogP) is 15.8. The Bertz CT molecular complexity index is 3950. The Morgan fingerprint density at radius 2 is 0.983 bits per heavy atom. The lowest BCUT2D eigenvalue weighted by molar-refractivity contribution is 0.672. The number of para-hydroxylation sites is 4. The molecule has 12 rings (SSSR count). The summed E-state index contributed by atoms with van der Waals surface area (Å²) in [5.74, 6) is 0. The van der Waals surface area contributed by atoms with Gasteiger partial charge in [0.2, 0.25) is 0 Å². The Morgan fingerprint density at radius 1 is 0.407 bits per heavy atom. The fourth-order valence-corrected chi connectivity index (χ4v) is 8.54. The van der Waals surface area contributed by atoms with Crippen molar-refractivity contribution in [3.63, 3.8) is 0 Å². The van der Waals surface area contributed by atoms with Crippen molar-refractivity contribution in [1.82, 2.24) is 4.57 Å². The summed E-state index contributed by atoms with van der Waals surface area (Å²) < 4.78 is 85.8. The average Bonchev–Trinajstić information content (AvgIpc) is 3.91. The summed E-state index contributed by atoms with van der Waals surface area (Å²) in [6, 6.07) is 50.7. The number of nitrogens with zero attached hydrogens (tertiary/aromatic N) is 2. The van der Waals surface area contributed by atoms with E-state index in [1.54, 1.807) is 22.8 Å². The largest absolute Gasteiger partial charge is 0.455 e. The van der Waals surface area contributed by atoms with Crippen LogP contribution in [0.3, 0.4) is 0 Å². The van der Waals surface area contributed by atoms with E-state index >= 15 is 0 Å². The van der Waals surface area contributed by atoms with Crippen molar-refractivity contribution in [2.45, 2.75) is 0 Å². The highest BCUT2D eigenvalue weighted by atomic mass is 16.3. The molecule has 0 saturated heterocycles. The summed E-state index contributed by atoms with van der Waals surface area (Å²) in [5, 5.41) is 7.40. The first kappa shape index (κ1) is 26.1. The molecule has 3 heteroatoms. The average molecular weight is 761 g/mol. The standard InChI is InChI=1S/C56H36N2O/c1-2-12-39-35-40(22-21-37(39)11-1)38-23-27-43(28-24-38)57(44-29-31-45(32-30-44)58-53-18-8-4-14-48(53)49-15-5-9-19-54(49)58)52-17-7-3-13-46(52)41-25-33-47-42(36-41)26-34-51-50-16-6-10-20-55(50)59-56(47)51/h1-36H/i23D,24D,27D,28D,29D,30D,31D,32D. The van der Waals surface area contributed by atoms with Crippen molar-refractivity contribution >= 4 is 82.4 Å². The number of anilines is 3. The Kier molecular flexibility index (Phi) is 5.92. The molecule has 0 aliphatic rings. The molecule has 0 fully saturated rings. The molecule has 0 N–H and O–H groups in total. The summed E-state index contributed by atoms with van der Waals surface area (Å²) in [6.45, 7) is 0. The molecule has 0 spiro atoms. The van der Waals surface area contributed by atoms with Crippen molar-refractivity contribution in [1.29, 1.82) is 0 Å². The zero-order chi connectivity index (χ0) is 45.8. The zero-order valence-corrected chi connectivity index (χ0v) is 31.5. The normalized spacial score (nSPS) is 13.6. The Labute approximate surface area is 352 Å². The first-order chi connectivity index (χ1) is 32.6. The third-order valence-electron chi connectivity index (χ3n) is 11.3. The first-order valence-electron chi connectivity index (χ1n) is 23.5. The van der Waals surface area contributed by atoms with Gasteiger partial charge in [-0.25, -0.2) is 0 Å². The Morgan fingerprint density at radius 3 is 1.76 bits per heavy atom. The SMILES string of the molecule is [2H]c1c([2H])c(N(c2ccccc2-c2ccc3c(ccc4c5ccccc5oc34)c2)c2c([2H])c([2H])c(-n3c4ccccc4c4ccccc43)c([2H])c2[2H])c([2H])c([2H])c1-c1ccc2ccccc2c1. The van der Waals surface area contributed by atoms with Gasteiger partial charge in [-0.2, -0.15) is 0 Å². The number of hydrogen-bond acceptors (Lipinski definition) is 2. The minimum absolute atomic E-state index is 0.0435. The third-order valence-corrected chi connectivity index (χ3v) is 11.3. The third kappa shape index (κ3) is 5.44. The first-order valence-corrected chi connectivity index (χ1v) is 19.5. The summed E-state index contributed by atoms with van der Waals surface area (Å²) >= 11 is 0. The van der Waals surface area contributed by atoms with Gasteiger partial charge in [-0.3, -0.25) is 0 Å². The molecular weight excluding hydrogens is 717 g/mol. The topological polar surface area (TPSA) is 21.3 Å². The van der Waals surface area contributed by atoms with Crippen molar-refractivity contribution in [3.8, 4) is 27.9 Å². The van der Waals surface area contributed by atoms with Gasteiger partial charge >= 0.3 is 0 Å². The smallest absolute Gasteiger partial charge is 0.143 e. The number of benzene rings is 10. The molecule has 0 atom stereocenters. The fraction of sp³-hybridized carbons (Fsp3) is 0. The zero-order valence-electron chi connectivity index (χ0n) is 39.5. The maximum atomic E-state index is 9.86. The van der Waals surface area contributed by atoms with Gasteiger partial charge in [0.1, 0.15) is 11.2 Å². The van der Waals surface area contributed by atoms with Gasteiger partial charge in [0.25, 0.3) is 0 Å². The number of furan rings is 1. The van der Waals surface area contributed by atoms with Crippen molar-refractivity contribution in [2.24, 2.45) is 0 Å². The van der Waals surface area contributed by atoms with E-state index in [9.17, 15) is 11.0 Å². The van der Waals surface area contributed by atoms with Crippen molar-refractivity contribution in [3.05, 3.63) is 218 Å². The lowest BCUT2D eigenvalue weighted by Gasteiger charge is -2.28. The highest BCUT2D eigenvalue weighted by Crippen LogP contribution is 2.44. The molecule has 2 aromatic heterocycles. The van der Waals surface area contributed by atoms with Gasteiger partial charge in [0.15, 0.2) is 0 Å². The highest BCUT2D eigenvalue weighted by molar-refractivity contribution is 6.15. The molecule has 2 heterocycles. The number of fused-ring (bicyclic) bond motifs is 9. The quantitative estimate of drug-likeness (QED) is 0.168. The molecule has 0 aliphatic heterocycles. The van der Waals surface area contributed by atoms with Gasteiger partial charge in [-0.15, -0.1) is 0 Å². The monoisotopic (exact) mass is 760 g/mol. The second-order valence-corrected chi connectivity index (χ2v) is 14.7. The van der Waals surface area contributed by atoms with E-state index < -0.39 is 24.2 Å².